The third-order valence-corrected chi connectivity index (χ3v) is 5.04. The lowest BCUT2D eigenvalue weighted by atomic mass is 10.1. The Morgan fingerprint density at radius 3 is 2.58 bits per heavy atom. The first-order valence-electron chi connectivity index (χ1n) is 7.97. The van der Waals surface area contributed by atoms with E-state index in [1.807, 2.05) is 42.7 Å². The fourth-order valence-electron chi connectivity index (χ4n) is 2.63. The van der Waals surface area contributed by atoms with Crippen LogP contribution in [0.4, 0.5) is 4.39 Å². The zero-order valence-corrected chi connectivity index (χ0v) is 15.1. The largest absolute Gasteiger partial charge is 0.274 e. The van der Waals surface area contributed by atoms with Crippen molar-refractivity contribution in [3.05, 3.63) is 81.4 Å². The zero-order chi connectivity index (χ0) is 18.7. The van der Waals surface area contributed by atoms with Gasteiger partial charge in [-0.05, 0) is 49.2 Å². The summed E-state index contributed by atoms with van der Waals surface area (Å²) < 4.78 is 15.1. The van der Waals surface area contributed by atoms with Crippen molar-refractivity contribution in [3.8, 4) is 5.69 Å². The molecule has 0 N–H and O–H groups in total. The van der Waals surface area contributed by atoms with Crippen LogP contribution in [-0.4, -0.2) is 26.2 Å². The van der Waals surface area contributed by atoms with Gasteiger partial charge in [-0.1, -0.05) is 36.0 Å². The Labute approximate surface area is 154 Å². The van der Waals surface area contributed by atoms with Crippen molar-refractivity contribution < 1.29 is 9.31 Å². The summed E-state index contributed by atoms with van der Waals surface area (Å²) in [5.74, 6) is 0.314. The standard InChI is InChI=1S/C18H17FN4O2S/c1-12-4-3-5-16(10-12)23-13(2)20-21-18(23)26-17(11-22(24)25)14-6-8-15(19)9-7-14/h3-10,17H,11H2,1-2H3/t17-/m0/s1. The maximum atomic E-state index is 13.2. The first kappa shape index (κ1) is 18.1. The van der Waals surface area contributed by atoms with Crippen LogP contribution in [0, 0.1) is 29.8 Å². The molecule has 26 heavy (non-hydrogen) atoms. The first-order chi connectivity index (χ1) is 12.4. The molecule has 0 aliphatic heterocycles. The number of benzene rings is 2. The molecule has 0 bridgehead atoms. The van der Waals surface area contributed by atoms with Crippen molar-refractivity contribution in [2.24, 2.45) is 0 Å². The maximum Gasteiger partial charge on any atom is 0.220 e. The Bertz CT molecular complexity index is 927. The van der Waals surface area contributed by atoms with E-state index in [0.717, 1.165) is 11.3 Å². The van der Waals surface area contributed by atoms with Crippen LogP contribution >= 0.6 is 11.8 Å². The van der Waals surface area contributed by atoms with Crippen LogP contribution in [0.5, 0.6) is 0 Å². The van der Waals surface area contributed by atoms with E-state index in [9.17, 15) is 14.5 Å². The van der Waals surface area contributed by atoms with Gasteiger partial charge in [0.25, 0.3) is 0 Å². The molecule has 0 saturated carbocycles. The smallest absolute Gasteiger partial charge is 0.220 e. The van der Waals surface area contributed by atoms with Gasteiger partial charge >= 0.3 is 0 Å². The van der Waals surface area contributed by atoms with E-state index in [4.69, 9.17) is 0 Å². The number of hydrogen-bond acceptors (Lipinski definition) is 5. The molecule has 6 nitrogen and oxygen atoms in total. The van der Waals surface area contributed by atoms with Crippen LogP contribution in [0.25, 0.3) is 5.69 Å². The van der Waals surface area contributed by atoms with E-state index in [1.54, 1.807) is 12.1 Å². The molecule has 1 atom stereocenters. The van der Waals surface area contributed by atoms with Gasteiger partial charge in [0.1, 0.15) is 16.9 Å². The Hall–Kier alpha value is -2.74. The molecular weight excluding hydrogens is 355 g/mol. The summed E-state index contributed by atoms with van der Waals surface area (Å²) >= 11 is 1.25. The third kappa shape index (κ3) is 4.08. The van der Waals surface area contributed by atoms with Crippen LogP contribution in [0.3, 0.4) is 0 Å². The molecule has 0 amide bonds. The van der Waals surface area contributed by atoms with Gasteiger partial charge in [-0.25, -0.2) is 4.39 Å². The molecule has 134 valence electrons. The highest BCUT2D eigenvalue weighted by Crippen LogP contribution is 2.36. The topological polar surface area (TPSA) is 73.8 Å². The highest BCUT2D eigenvalue weighted by molar-refractivity contribution is 7.99. The average Bonchev–Trinajstić information content (AvgIpc) is 2.95. The molecule has 0 aliphatic rings. The Kier molecular flexibility index (Phi) is 5.32. The second kappa shape index (κ2) is 7.65. The lowest BCUT2D eigenvalue weighted by molar-refractivity contribution is -0.479. The minimum absolute atomic E-state index is 0.296. The van der Waals surface area contributed by atoms with Gasteiger partial charge in [-0.15, -0.1) is 10.2 Å². The van der Waals surface area contributed by atoms with Gasteiger partial charge in [0.2, 0.25) is 6.54 Å². The maximum absolute atomic E-state index is 13.2. The van der Waals surface area contributed by atoms with Crippen molar-refractivity contribution in [1.29, 1.82) is 0 Å². The predicted molar refractivity (Wildman–Crippen MR) is 97.7 cm³/mol. The van der Waals surface area contributed by atoms with E-state index in [-0.39, 0.29) is 17.3 Å². The SMILES string of the molecule is Cc1cccc(-n2c(C)nnc2S[C@@H](C[N+](=O)[O-])c2ccc(F)cc2)c1. The number of aryl methyl sites for hydroxylation is 2. The summed E-state index contributed by atoms with van der Waals surface area (Å²) in [5, 5.41) is 19.5. The minimum atomic E-state index is -0.502. The number of halogens is 1. The highest BCUT2D eigenvalue weighted by atomic mass is 32.2. The summed E-state index contributed by atoms with van der Waals surface area (Å²) in [4.78, 5) is 10.7. The quantitative estimate of drug-likeness (QED) is 0.369. The molecule has 0 radical (unpaired) electrons. The summed E-state index contributed by atoms with van der Waals surface area (Å²) in [6.07, 6.45) is 0. The predicted octanol–water partition coefficient (Wildman–Crippen LogP) is 4.13. The third-order valence-electron chi connectivity index (χ3n) is 3.86. The number of aromatic nitrogens is 3. The molecule has 0 unspecified atom stereocenters. The summed E-state index contributed by atoms with van der Waals surface area (Å²) in [7, 11) is 0. The van der Waals surface area contributed by atoms with E-state index >= 15 is 0 Å². The molecule has 1 aromatic heterocycles. The normalized spacial score (nSPS) is 12.1. The van der Waals surface area contributed by atoms with E-state index < -0.39 is 5.25 Å². The molecule has 3 aromatic rings. The molecule has 0 fully saturated rings. The fraction of sp³-hybridized carbons (Fsp3) is 0.222. The van der Waals surface area contributed by atoms with Crippen LogP contribution in [0.2, 0.25) is 0 Å². The van der Waals surface area contributed by atoms with Gasteiger partial charge < -0.3 is 0 Å². The van der Waals surface area contributed by atoms with Gasteiger partial charge in [0, 0.05) is 10.6 Å². The molecule has 8 heteroatoms. The van der Waals surface area contributed by atoms with Crippen molar-refractivity contribution in [2.75, 3.05) is 6.54 Å². The fourth-order valence-corrected chi connectivity index (χ4v) is 3.81. The number of rotatable bonds is 6. The van der Waals surface area contributed by atoms with Crippen LogP contribution in [0.15, 0.2) is 53.7 Å². The Morgan fingerprint density at radius 2 is 1.92 bits per heavy atom. The lowest BCUT2D eigenvalue weighted by Gasteiger charge is -2.14. The lowest BCUT2D eigenvalue weighted by Crippen LogP contribution is -2.11. The van der Waals surface area contributed by atoms with Gasteiger partial charge in [0.05, 0.1) is 0 Å². The minimum Gasteiger partial charge on any atom is -0.274 e. The number of nitrogens with zero attached hydrogens (tertiary/aromatic N) is 4. The molecular formula is C18H17FN4O2S. The van der Waals surface area contributed by atoms with E-state index in [1.165, 1.54) is 23.9 Å². The van der Waals surface area contributed by atoms with Gasteiger partial charge in [-0.3, -0.25) is 14.7 Å². The Morgan fingerprint density at radius 1 is 1.19 bits per heavy atom. The second-order valence-electron chi connectivity index (χ2n) is 5.88. The van der Waals surface area contributed by atoms with Gasteiger partial charge in [-0.2, -0.15) is 0 Å². The molecule has 0 spiro atoms. The molecule has 2 aromatic carbocycles. The number of hydrogen-bond donors (Lipinski definition) is 0. The molecule has 0 aliphatic carbocycles. The van der Waals surface area contributed by atoms with Crippen LogP contribution < -0.4 is 0 Å². The monoisotopic (exact) mass is 372 g/mol. The molecule has 0 saturated heterocycles. The number of nitro groups is 1. The Balaban J connectivity index is 1.97. The van der Waals surface area contributed by atoms with Crippen LogP contribution in [0.1, 0.15) is 22.2 Å². The summed E-state index contributed by atoms with van der Waals surface area (Å²) in [6, 6.07) is 13.6. The van der Waals surface area contributed by atoms with E-state index in [2.05, 4.69) is 10.2 Å². The van der Waals surface area contributed by atoms with Gasteiger partial charge in [0.15, 0.2) is 5.16 Å². The molecule has 1 heterocycles. The summed E-state index contributed by atoms with van der Waals surface area (Å²) in [5.41, 5.74) is 2.66. The first-order valence-corrected chi connectivity index (χ1v) is 8.85. The van der Waals surface area contributed by atoms with Crippen molar-refractivity contribution >= 4 is 11.8 Å². The second-order valence-corrected chi connectivity index (χ2v) is 7.05. The average molecular weight is 372 g/mol. The van der Waals surface area contributed by atoms with E-state index in [0.29, 0.717) is 16.5 Å². The highest BCUT2D eigenvalue weighted by Gasteiger charge is 2.23. The van der Waals surface area contributed by atoms with Crippen LogP contribution in [-0.2, 0) is 0 Å². The zero-order valence-electron chi connectivity index (χ0n) is 14.3. The van der Waals surface area contributed by atoms with Crippen molar-refractivity contribution in [1.82, 2.24) is 14.8 Å². The van der Waals surface area contributed by atoms with Crippen molar-refractivity contribution in [2.45, 2.75) is 24.3 Å². The molecule has 3 rings (SSSR count). The van der Waals surface area contributed by atoms with Crippen molar-refractivity contribution in [3.63, 3.8) is 0 Å². The number of thioether (sulfide) groups is 1. The summed E-state index contributed by atoms with van der Waals surface area (Å²) in [6.45, 7) is 3.53.